The van der Waals surface area contributed by atoms with Crippen molar-refractivity contribution in [2.75, 3.05) is 7.11 Å². The van der Waals surface area contributed by atoms with E-state index in [4.69, 9.17) is 46.4 Å². The summed E-state index contributed by atoms with van der Waals surface area (Å²) in [6.45, 7) is 0. The molecule has 0 unspecified atom stereocenters. The minimum absolute atomic E-state index is 0.193. The summed E-state index contributed by atoms with van der Waals surface area (Å²) in [7, 11) is 1.28. The maximum Gasteiger partial charge on any atom is 0.339 e. The third kappa shape index (κ3) is 2.86. The van der Waals surface area contributed by atoms with Crippen LogP contribution in [0.3, 0.4) is 0 Å². The SMILES string of the molecule is COC(=O)c1cnc(Cl)c(-c2ccc(Cl)c(Cl)c2Cl)c1. The van der Waals surface area contributed by atoms with Crippen LogP contribution in [0.1, 0.15) is 10.4 Å². The zero-order valence-electron chi connectivity index (χ0n) is 10.1. The Kier molecular flexibility index (Phi) is 4.76. The van der Waals surface area contributed by atoms with Crippen LogP contribution in [0, 0.1) is 0 Å². The average molecular weight is 351 g/mol. The van der Waals surface area contributed by atoms with Crippen molar-refractivity contribution < 1.29 is 9.53 Å². The monoisotopic (exact) mass is 349 g/mol. The van der Waals surface area contributed by atoms with E-state index in [1.54, 1.807) is 12.1 Å². The number of ether oxygens (including phenoxy) is 1. The molecule has 0 amide bonds. The van der Waals surface area contributed by atoms with Crippen LogP contribution < -0.4 is 0 Å². The highest BCUT2D eigenvalue weighted by molar-refractivity contribution is 6.49. The first-order valence-electron chi connectivity index (χ1n) is 5.33. The first kappa shape index (κ1) is 15.4. The molecular formula is C13H7Cl4NO2. The third-order valence-corrected chi connectivity index (χ3v) is 4.18. The molecule has 0 saturated carbocycles. The van der Waals surface area contributed by atoms with Gasteiger partial charge in [0.05, 0.1) is 27.7 Å². The van der Waals surface area contributed by atoms with Gasteiger partial charge in [0, 0.05) is 17.3 Å². The van der Waals surface area contributed by atoms with Gasteiger partial charge < -0.3 is 4.74 Å². The van der Waals surface area contributed by atoms with Crippen molar-refractivity contribution in [3.63, 3.8) is 0 Å². The minimum atomic E-state index is -0.522. The van der Waals surface area contributed by atoms with Gasteiger partial charge in [-0.2, -0.15) is 0 Å². The van der Waals surface area contributed by atoms with E-state index in [1.807, 2.05) is 0 Å². The normalized spacial score (nSPS) is 10.4. The second kappa shape index (κ2) is 6.19. The maximum absolute atomic E-state index is 11.5. The summed E-state index contributed by atoms with van der Waals surface area (Å²) < 4.78 is 4.64. The van der Waals surface area contributed by atoms with E-state index in [1.165, 1.54) is 19.4 Å². The summed E-state index contributed by atoms with van der Waals surface area (Å²) in [5.41, 5.74) is 1.26. The number of carbonyl (C=O) groups excluding carboxylic acids is 1. The van der Waals surface area contributed by atoms with Gasteiger partial charge in [-0.15, -0.1) is 0 Å². The molecule has 0 N–H and O–H groups in total. The lowest BCUT2D eigenvalue weighted by Crippen LogP contribution is -2.02. The van der Waals surface area contributed by atoms with Gasteiger partial charge in [-0.1, -0.05) is 52.5 Å². The van der Waals surface area contributed by atoms with Crippen LogP contribution in [0.5, 0.6) is 0 Å². The number of halogens is 4. The van der Waals surface area contributed by atoms with Crippen molar-refractivity contribution in [2.24, 2.45) is 0 Å². The number of carbonyl (C=O) groups is 1. The lowest BCUT2D eigenvalue weighted by atomic mass is 10.1. The highest BCUT2D eigenvalue weighted by Gasteiger charge is 2.16. The van der Waals surface area contributed by atoms with E-state index < -0.39 is 5.97 Å². The van der Waals surface area contributed by atoms with Crippen LogP contribution in [0.15, 0.2) is 24.4 Å². The van der Waals surface area contributed by atoms with Gasteiger partial charge in [-0.25, -0.2) is 9.78 Å². The van der Waals surface area contributed by atoms with Crippen molar-refractivity contribution in [2.45, 2.75) is 0 Å². The molecule has 0 bridgehead atoms. The quantitative estimate of drug-likeness (QED) is 0.427. The summed E-state index contributed by atoms with van der Waals surface area (Å²) >= 11 is 24.1. The van der Waals surface area contributed by atoms with Gasteiger partial charge >= 0.3 is 5.97 Å². The standard InChI is InChI=1S/C13H7Cl4NO2/c1-20-13(19)6-4-8(12(17)18-5-6)7-2-3-9(14)11(16)10(7)15/h2-5H,1H3. The topological polar surface area (TPSA) is 39.2 Å². The first-order valence-corrected chi connectivity index (χ1v) is 6.84. The molecule has 0 saturated heterocycles. The van der Waals surface area contributed by atoms with E-state index >= 15 is 0 Å². The molecule has 2 rings (SSSR count). The van der Waals surface area contributed by atoms with Crippen LogP contribution in [0.25, 0.3) is 11.1 Å². The molecule has 0 fully saturated rings. The lowest BCUT2D eigenvalue weighted by molar-refractivity contribution is 0.0600. The fraction of sp³-hybridized carbons (Fsp3) is 0.0769. The molecule has 0 aliphatic rings. The van der Waals surface area contributed by atoms with Gasteiger partial charge in [0.15, 0.2) is 0 Å². The van der Waals surface area contributed by atoms with Crippen LogP contribution in [-0.2, 0) is 4.74 Å². The van der Waals surface area contributed by atoms with Gasteiger partial charge in [0.1, 0.15) is 5.15 Å². The molecule has 0 spiro atoms. The molecule has 7 heteroatoms. The van der Waals surface area contributed by atoms with E-state index in [2.05, 4.69) is 9.72 Å². The van der Waals surface area contributed by atoms with Gasteiger partial charge in [0.2, 0.25) is 0 Å². The smallest absolute Gasteiger partial charge is 0.339 e. The third-order valence-electron chi connectivity index (χ3n) is 2.59. The molecule has 0 atom stereocenters. The molecule has 0 aliphatic carbocycles. The number of benzene rings is 1. The zero-order valence-corrected chi connectivity index (χ0v) is 13.1. The highest BCUT2D eigenvalue weighted by atomic mass is 35.5. The Morgan fingerprint density at radius 3 is 2.45 bits per heavy atom. The zero-order chi connectivity index (χ0) is 14.9. The fourth-order valence-corrected chi connectivity index (χ4v) is 2.44. The van der Waals surface area contributed by atoms with Crippen molar-refractivity contribution in [1.29, 1.82) is 0 Å². The summed E-state index contributed by atoms with van der Waals surface area (Å²) in [6.07, 6.45) is 1.32. The molecule has 3 nitrogen and oxygen atoms in total. The number of pyridine rings is 1. The Morgan fingerprint density at radius 1 is 1.10 bits per heavy atom. The Bertz CT molecular complexity index is 688. The Hall–Kier alpha value is -1.000. The summed E-state index contributed by atoms with van der Waals surface area (Å²) in [5, 5.41) is 0.974. The number of aromatic nitrogens is 1. The lowest BCUT2D eigenvalue weighted by Gasteiger charge is -2.10. The van der Waals surface area contributed by atoms with E-state index in [0.717, 1.165) is 0 Å². The predicted molar refractivity (Wildman–Crippen MR) is 81.1 cm³/mol. The van der Waals surface area contributed by atoms with Gasteiger partial charge in [0.25, 0.3) is 0 Å². The van der Waals surface area contributed by atoms with Crippen molar-refractivity contribution in [3.05, 3.63) is 50.2 Å². The second-order valence-electron chi connectivity index (χ2n) is 3.78. The van der Waals surface area contributed by atoms with Crippen LogP contribution in [0.4, 0.5) is 0 Å². The molecule has 104 valence electrons. The average Bonchev–Trinajstić information content (AvgIpc) is 2.45. The molecular weight excluding hydrogens is 344 g/mol. The Labute approximate surface area is 135 Å². The summed E-state index contributed by atoms with van der Waals surface area (Å²) in [5.74, 6) is -0.522. The first-order chi connectivity index (χ1) is 9.45. The van der Waals surface area contributed by atoms with Crippen LogP contribution in [0.2, 0.25) is 20.2 Å². The number of methoxy groups -OCH3 is 1. The molecule has 1 heterocycles. The Morgan fingerprint density at radius 2 is 1.80 bits per heavy atom. The van der Waals surface area contributed by atoms with Crippen LogP contribution in [-0.4, -0.2) is 18.1 Å². The molecule has 1 aromatic carbocycles. The molecule has 2 aromatic rings. The number of nitrogens with zero attached hydrogens (tertiary/aromatic N) is 1. The fourth-order valence-electron chi connectivity index (χ4n) is 1.60. The van der Waals surface area contributed by atoms with E-state index in [0.29, 0.717) is 16.1 Å². The Balaban J connectivity index is 2.63. The number of rotatable bonds is 2. The van der Waals surface area contributed by atoms with E-state index in [9.17, 15) is 4.79 Å². The minimum Gasteiger partial charge on any atom is -0.465 e. The van der Waals surface area contributed by atoms with Crippen molar-refractivity contribution in [3.8, 4) is 11.1 Å². The molecule has 1 aromatic heterocycles. The highest BCUT2D eigenvalue weighted by Crippen LogP contribution is 2.40. The molecule has 0 radical (unpaired) electrons. The summed E-state index contributed by atoms with van der Waals surface area (Å²) in [6, 6.07) is 4.78. The second-order valence-corrected chi connectivity index (χ2v) is 5.30. The van der Waals surface area contributed by atoms with Crippen molar-refractivity contribution >= 4 is 52.4 Å². The number of esters is 1. The largest absolute Gasteiger partial charge is 0.465 e. The molecule has 20 heavy (non-hydrogen) atoms. The number of hydrogen-bond donors (Lipinski definition) is 0. The van der Waals surface area contributed by atoms with Gasteiger partial charge in [-0.05, 0) is 12.1 Å². The maximum atomic E-state index is 11.5. The predicted octanol–water partition coefficient (Wildman–Crippen LogP) is 5.15. The molecule has 0 aliphatic heterocycles. The van der Waals surface area contributed by atoms with E-state index in [-0.39, 0.29) is 20.8 Å². The summed E-state index contributed by atoms with van der Waals surface area (Å²) in [4.78, 5) is 15.5. The number of hydrogen-bond acceptors (Lipinski definition) is 3. The van der Waals surface area contributed by atoms with Gasteiger partial charge in [-0.3, -0.25) is 0 Å². The van der Waals surface area contributed by atoms with Crippen LogP contribution >= 0.6 is 46.4 Å². The van der Waals surface area contributed by atoms with Crippen molar-refractivity contribution in [1.82, 2.24) is 4.98 Å².